The number of nitrogens with one attached hydrogen (secondary N) is 1. The Morgan fingerprint density at radius 1 is 1.18 bits per heavy atom. The lowest BCUT2D eigenvalue weighted by molar-refractivity contribution is 0.0606. The van der Waals surface area contributed by atoms with Gasteiger partial charge in [0, 0.05) is 13.0 Å². The van der Waals surface area contributed by atoms with Crippen molar-refractivity contribution >= 4 is 23.2 Å². The van der Waals surface area contributed by atoms with Gasteiger partial charge < -0.3 is 15.2 Å². The van der Waals surface area contributed by atoms with Gasteiger partial charge in [0.15, 0.2) is 0 Å². The molecule has 116 valence electrons. The van der Waals surface area contributed by atoms with Gasteiger partial charge >= 0.3 is 5.97 Å². The summed E-state index contributed by atoms with van der Waals surface area (Å²) in [6.45, 7) is 0.152. The summed E-state index contributed by atoms with van der Waals surface area (Å²) in [5.41, 5.74) is 1.01. The summed E-state index contributed by atoms with van der Waals surface area (Å²) in [7, 11) is 1.29. The van der Waals surface area contributed by atoms with Crippen LogP contribution in [-0.4, -0.2) is 36.7 Å². The molecule has 0 bridgehead atoms. The maximum atomic E-state index is 12.0. The van der Waals surface area contributed by atoms with Crippen molar-refractivity contribution in [3.63, 3.8) is 0 Å². The third-order valence-corrected chi connectivity index (χ3v) is 4.09. The molecule has 1 heterocycles. The average molecular weight is 319 g/mol. The maximum absolute atomic E-state index is 12.0. The monoisotopic (exact) mass is 319 g/mol. The molecule has 6 heteroatoms. The first-order valence-electron chi connectivity index (χ1n) is 6.78. The number of aliphatic hydroxyl groups excluding tert-OH is 1. The van der Waals surface area contributed by atoms with Gasteiger partial charge in [-0.3, -0.25) is 4.79 Å². The van der Waals surface area contributed by atoms with Gasteiger partial charge in [-0.15, -0.1) is 11.3 Å². The van der Waals surface area contributed by atoms with Crippen LogP contribution in [0.2, 0.25) is 0 Å². The fourth-order valence-corrected chi connectivity index (χ4v) is 2.77. The van der Waals surface area contributed by atoms with Crippen molar-refractivity contribution in [1.29, 1.82) is 0 Å². The fourth-order valence-electron chi connectivity index (χ4n) is 1.93. The zero-order valence-corrected chi connectivity index (χ0v) is 12.9. The predicted octanol–water partition coefficient (Wildman–Crippen LogP) is 1.87. The molecule has 2 N–H and O–H groups in total. The Balaban J connectivity index is 1.84. The van der Waals surface area contributed by atoms with Gasteiger partial charge in [0.2, 0.25) is 0 Å². The van der Waals surface area contributed by atoms with E-state index in [1.165, 1.54) is 7.11 Å². The predicted molar refractivity (Wildman–Crippen MR) is 84.1 cm³/mol. The minimum Gasteiger partial charge on any atom is -0.465 e. The van der Waals surface area contributed by atoms with Crippen LogP contribution in [0.25, 0.3) is 0 Å². The van der Waals surface area contributed by atoms with E-state index in [0.29, 0.717) is 16.2 Å². The van der Waals surface area contributed by atoms with Crippen LogP contribution in [0.3, 0.4) is 0 Å². The summed E-state index contributed by atoms with van der Waals surface area (Å²) in [4.78, 5) is 24.1. The Morgan fingerprint density at radius 3 is 2.55 bits per heavy atom. The standard InChI is InChI=1S/C16H17NO4S/c1-21-16(20)14-8-7-13(22-14)15(19)17-10-12(18)9-11-5-3-2-4-6-11/h2-8,12,18H,9-10H2,1H3,(H,17,19)/t12-/m1/s1. The third-order valence-electron chi connectivity index (χ3n) is 3.03. The Hall–Kier alpha value is -2.18. The number of esters is 1. The molecule has 0 saturated carbocycles. The van der Waals surface area contributed by atoms with E-state index in [4.69, 9.17) is 0 Å². The van der Waals surface area contributed by atoms with Gasteiger partial charge in [-0.1, -0.05) is 30.3 Å². The number of rotatable bonds is 6. The number of carbonyl (C=O) groups excluding carboxylic acids is 2. The molecule has 0 spiro atoms. The molecule has 1 atom stereocenters. The Labute approximate surface area is 132 Å². The molecule has 2 aromatic rings. The molecule has 0 radical (unpaired) electrons. The highest BCUT2D eigenvalue weighted by Gasteiger charge is 2.15. The first-order chi connectivity index (χ1) is 10.6. The molecule has 1 amide bonds. The molecule has 0 fully saturated rings. The van der Waals surface area contributed by atoms with Crippen molar-refractivity contribution in [2.24, 2.45) is 0 Å². The van der Waals surface area contributed by atoms with Crippen LogP contribution in [0.4, 0.5) is 0 Å². The average Bonchev–Trinajstić information content (AvgIpc) is 3.03. The zero-order valence-electron chi connectivity index (χ0n) is 12.1. The first-order valence-corrected chi connectivity index (χ1v) is 7.60. The van der Waals surface area contributed by atoms with Gasteiger partial charge in [-0.25, -0.2) is 4.79 Å². The molecule has 5 nitrogen and oxygen atoms in total. The van der Waals surface area contributed by atoms with Crippen molar-refractivity contribution in [2.45, 2.75) is 12.5 Å². The summed E-state index contributed by atoms with van der Waals surface area (Å²) in [5.74, 6) is -0.777. The van der Waals surface area contributed by atoms with E-state index >= 15 is 0 Å². The van der Waals surface area contributed by atoms with Crippen molar-refractivity contribution in [3.8, 4) is 0 Å². The van der Waals surface area contributed by atoms with Crippen molar-refractivity contribution in [2.75, 3.05) is 13.7 Å². The minimum absolute atomic E-state index is 0.152. The van der Waals surface area contributed by atoms with Gasteiger partial charge in [0.25, 0.3) is 5.91 Å². The van der Waals surface area contributed by atoms with E-state index in [-0.39, 0.29) is 12.5 Å². The smallest absolute Gasteiger partial charge is 0.348 e. The Morgan fingerprint density at radius 2 is 1.86 bits per heavy atom. The molecule has 0 unspecified atom stereocenters. The molecule has 22 heavy (non-hydrogen) atoms. The van der Waals surface area contributed by atoms with E-state index in [9.17, 15) is 14.7 Å². The van der Waals surface area contributed by atoms with Crippen LogP contribution in [0, 0.1) is 0 Å². The second-order valence-corrected chi connectivity index (χ2v) is 5.79. The number of carbonyl (C=O) groups is 2. The molecule has 0 saturated heterocycles. The number of hydrogen-bond donors (Lipinski definition) is 2. The molecule has 2 rings (SSSR count). The topological polar surface area (TPSA) is 75.6 Å². The molecule has 0 aliphatic rings. The summed E-state index contributed by atoms with van der Waals surface area (Å²) >= 11 is 1.06. The molecule has 0 aliphatic heterocycles. The first kappa shape index (κ1) is 16.2. The van der Waals surface area contributed by atoms with Gasteiger partial charge in [0.1, 0.15) is 4.88 Å². The fraction of sp³-hybridized carbons (Fsp3) is 0.250. The number of ether oxygens (including phenoxy) is 1. The lowest BCUT2D eigenvalue weighted by Gasteiger charge is -2.11. The maximum Gasteiger partial charge on any atom is 0.348 e. The number of aliphatic hydroxyl groups is 1. The zero-order chi connectivity index (χ0) is 15.9. The van der Waals surface area contributed by atoms with Crippen LogP contribution in [0.15, 0.2) is 42.5 Å². The molecule has 1 aromatic heterocycles. The molecular weight excluding hydrogens is 302 g/mol. The SMILES string of the molecule is COC(=O)c1ccc(C(=O)NC[C@H](O)Cc2ccccc2)s1. The van der Waals surface area contributed by atoms with Crippen molar-refractivity contribution in [3.05, 3.63) is 57.8 Å². The highest BCUT2D eigenvalue weighted by atomic mass is 32.1. The van der Waals surface area contributed by atoms with E-state index in [2.05, 4.69) is 10.1 Å². The third kappa shape index (κ3) is 4.41. The highest BCUT2D eigenvalue weighted by molar-refractivity contribution is 7.15. The Bertz CT molecular complexity index is 639. The lowest BCUT2D eigenvalue weighted by Crippen LogP contribution is -2.32. The summed E-state index contributed by atoms with van der Waals surface area (Å²) in [5, 5.41) is 12.6. The summed E-state index contributed by atoms with van der Waals surface area (Å²) in [6.07, 6.45) is -0.190. The van der Waals surface area contributed by atoms with Crippen LogP contribution in [0.5, 0.6) is 0 Å². The largest absolute Gasteiger partial charge is 0.465 e. The second-order valence-electron chi connectivity index (χ2n) is 4.71. The second kappa shape index (κ2) is 7.72. The summed E-state index contributed by atoms with van der Waals surface area (Å²) < 4.78 is 4.59. The van der Waals surface area contributed by atoms with Crippen LogP contribution < -0.4 is 5.32 Å². The lowest BCUT2D eigenvalue weighted by atomic mass is 10.1. The van der Waals surface area contributed by atoms with Crippen LogP contribution >= 0.6 is 11.3 Å². The van der Waals surface area contributed by atoms with Gasteiger partial charge in [0.05, 0.1) is 18.1 Å². The molecular formula is C16H17NO4S. The summed E-state index contributed by atoms with van der Waals surface area (Å²) in [6, 6.07) is 12.7. The normalized spacial score (nSPS) is 11.7. The minimum atomic E-state index is -0.661. The number of thiophene rings is 1. The van der Waals surface area contributed by atoms with Gasteiger partial charge in [-0.05, 0) is 17.7 Å². The quantitative estimate of drug-likeness (QED) is 0.797. The van der Waals surface area contributed by atoms with Crippen molar-refractivity contribution < 1.29 is 19.4 Å². The van der Waals surface area contributed by atoms with Gasteiger partial charge in [-0.2, -0.15) is 0 Å². The number of methoxy groups -OCH3 is 1. The molecule has 0 aliphatic carbocycles. The van der Waals surface area contributed by atoms with E-state index < -0.39 is 12.1 Å². The van der Waals surface area contributed by atoms with Crippen LogP contribution in [0.1, 0.15) is 24.9 Å². The van der Waals surface area contributed by atoms with Crippen molar-refractivity contribution in [1.82, 2.24) is 5.32 Å². The number of hydrogen-bond acceptors (Lipinski definition) is 5. The highest BCUT2D eigenvalue weighted by Crippen LogP contribution is 2.17. The van der Waals surface area contributed by atoms with E-state index in [1.807, 2.05) is 30.3 Å². The van der Waals surface area contributed by atoms with E-state index in [1.54, 1.807) is 12.1 Å². The Kier molecular flexibility index (Phi) is 5.68. The van der Waals surface area contributed by atoms with Crippen LogP contribution in [-0.2, 0) is 11.2 Å². The number of amides is 1. The number of benzene rings is 1. The van der Waals surface area contributed by atoms with E-state index in [0.717, 1.165) is 16.9 Å². The molecule has 1 aromatic carbocycles.